The topological polar surface area (TPSA) is 96.5 Å². The molecule has 0 radical (unpaired) electrons. The van der Waals surface area contributed by atoms with Gasteiger partial charge in [-0.25, -0.2) is 9.78 Å². The van der Waals surface area contributed by atoms with Crippen LogP contribution in [0.2, 0.25) is 0 Å². The number of carbonyl (C=O) groups excluding carboxylic acids is 1. The van der Waals surface area contributed by atoms with Crippen molar-refractivity contribution in [2.75, 3.05) is 0 Å². The summed E-state index contributed by atoms with van der Waals surface area (Å²) in [5.41, 5.74) is 0.739. The maximum atomic E-state index is 12.2. The first-order valence-electron chi connectivity index (χ1n) is 8.10. The molecule has 0 aliphatic heterocycles. The third-order valence-electron chi connectivity index (χ3n) is 3.95. The van der Waals surface area contributed by atoms with Crippen LogP contribution in [-0.2, 0) is 13.7 Å². The number of carbonyl (C=O) groups is 1. The second-order valence-corrected chi connectivity index (χ2v) is 5.86. The van der Waals surface area contributed by atoms with E-state index in [0.29, 0.717) is 23.5 Å². The van der Waals surface area contributed by atoms with E-state index in [0.717, 1.165) is 5.82 Å². The van der Waals surface area contributed by atoms with Gasteiger partial charge in [0.25, 0.3) is 5.69 Å². The van der Waals surface area contributed by atoms with Gasteiger partial charge in [-0.05, 0) is 43.3 Å². The van der Waals surface area contributed by atoms with E-state index in [2.05, 4.69) is 4.98 Å². The Kier molecular flexibility index (Phi) is 5.16. The van der Waals surface area contributed by atoms with Crippen molar-refractivity contribution < 1.29 is 19.2 Å². The summed E-state index contributed by atoms with van der Waals surface area (Å²) in [6, 6.07) is 10.7. The highest BCUT2D eigenvalue weighted by atomic mass is 16.6. The Morgan fingerprint density at radius 3 is 2.48 bits per heavy atom. The van der Waals surface area contributed by atoms with Gasteiger partial charge in [-0.3, -0.25) is 10.1 Å². The number of hydrogen-bond donors (Lipinski definition) is 0. The number of aromatic nitrogens is 2. The van der Waals surface area contributed by atoms with Gasteiger partial charge in [0, 0.05) is 31.1 Å². The van der Waals surface area contributed by atoms with E-state index < -0.39 is 10.9 Å². The number of benzene rings is 2. The van der Waals surface area contributed by atoms with E-state index in [1.807, 2.05) is 17.8 Å². The van der Waals surface area contributed by atoms with Crippen LogP contribution in [-0.4, -0.2) is 20.4 Å². The lowest BCUT2D eigenvalue weighted by atomic mass is 10.2. The fraction of sp³-hybridized carbons (Fsp3) is 0.158. The van der Waals surface area contributed by atoms with Crippen LogP contribution < -0.4 is 9.47 Å². The third-order valence-corrected chi connectivity index (χ3v) is 3.95. The van der Waals surface area contributed by atoms with Crippen molar-refractivity contribution in [1.29, 1.82) is 0 Å². The molecule has 0 aliphatic carbocycles. The maximum Gasteiger partial charge on any atom is 0.343 e. The number of aryl methyl sites for hydroxylation is 2. The predicted molar refractivity (Wildman–Crippen MR) is 96.8 cm³/mol. The molecule has 27 heavy (non-hydrogen) atoms. The Hall–Kier alpha value is -3.68. The number of rotatable bonds is 6. The second kappa shape index (κ2) is 7.69. The predicted octanol–water partition coefficient (Wildman–Crippen LogP) is 3.43. The third kappa shape index (κ3) is 4.30. The first-order valence-corrected chi connectivity index (χ1v) is 8.10. The van der Waals surface area contributed by atoms with Gasteiger partial charge in [0.2, 0.25) is 0 Å². The van der Waals surface area contributed by atoms with Crippen molar-refractivity contribution >= 4 is 11.7 Å². The van der Waals surface area contributed by atoms with Crippen molar-refractivity contribution in [2.45, 2.75) is 13.5 Å². The Labute approximate surface area is 155 Å². The molecule has 0 bridgehead atoms. The molecule has 0 spiro atoms. The standard InChI is InChI=1S/C19H17N3O5/c1-13-11-16(7-8-17(13)22(24)25)27-19(23)14-3-5-15(6-4-14)26-12-18-20-9-10-21(18)2/h3-11H,12H2,1-2H3. The van der Waals surface area contributed by atoms with Crippen LogP contribution in [0.4, 0.5) is 5.69 Å². The van der Waals surface area contributed by atoms with Gasteiger partial charge in [0.1, 0.15) is 23.9 Å². The van der Waals surface area contributed by atoms with Crippen LogP contribution in [0.5, 0.6) is 11.5 Å². The van der Waals surface area contributed by atoms with Gasteiger partial charge in [0.05, 0.1) is 10.5 Å². The molecule has 0 aliphatic rings. The molecule has 138 valence electrons. The molecule has 0 atom stereocenters. The number of esters is 1. The summed E-state index contributed by atoms with van der Waals surface area (Å²) in [6.07, 6.45) is 3.52. The molecule has 0 amide bonds. The molecule has 8 heteroatoms. The van der Waals surface area contributed by atoms with E-state index in [9.17, 15) is 14.9 Å². The monoisotopic (exact) mass is 367 g/mol. The van der Waals surface area contributed by atoms with Crippen molar-refractivity contribution in [3.05, 3.63) is 81.9 Å². The SMILES string of the molecule is Cc1cc(OC(=O)c2ccc(OCc3nccn3C)cc2)ccc1[N+](=O)[O-]. The molecule has 0 unspecified atom stereocenters. The first-order chi connectivity index (χ1) is 12.9. The average Bonchev–Trinajstić information content (AvgIpc) is 3.05. The zero-order chi connectivity index (χ0) is 19.4. The largest absolute Gasteiger partial charge is 0.486 e. The van der Waals surface area contributed by atoms with Crippen molar-refractivity contribution in [2.24, 2.45) is 7.05 Å². The van der Waals surface area contributed by atoms with E-state index >= 15 is 0 Å². The van der Waals surface area contributed by atoms with Crippen LogP contribution in [0.25, 0.3) is 0 Å². The number of imidazole rings is 1. The molecule has 3 aromatic rings. The zero-order valence-electron chi connectivity index (χ0n) is 14.8. The highest BCUT2D eigenvalue weighted by Gasteiger charge is 2.14. The smallest absolute Gasteiger partial charge is 0.343 e. The van der Waals surface area contributed by atoms with Gasteiger partial charge in [-0.2, -0.15) is 0 Å². The minimum absolute atomic E-state index is 0.0241. The fourth-order valence-corrected chi connectivity index (χ4v) is 2.43. The molecular weight excluding hydrogens is 350 g/mol. The van der Waals surface area contributed by atoms with Crippen LogP contribution in [0, 0.1) is 17.0 Å². The van der Waals surface area contributed by atoms with Crippen LogP contribution in [0.3, 0.4) is 0 Å². The quantitative estimate of drug-likeness (QED) is 0.287. The van der Waals surface area contributed by atoms with Crippen LogP contribution in [0.15, 0.2) is 54.9 Å². The Bertz CT molecular complexity index is 979. The Morgan fingerprint density at radius 1 is 1.19 bits per heavy atom. The number of nitro groups is 1. The number of hydrogen-bond acceptors (Lipinski definition) is 6. The lowest BCUT2D eigenvalue weighted by Crippen LogP contribution is -2.09. The van der Waals surface area contributed by atoms with Gasteiger partial charge >= 0.3 is 5.97 Å². The van der Waals surface area contributed by atoms with Crippen molar-refractivity contribution in [3.8, 4) is 11.5 Å². The maximum absolute atomic E-state index is 12.2. The number of ether oxygens (including phenoxy) is 2. The van der Waals surface area contributed by atoms with Gasteiger partial charge in [-0.1, -0.05) is 0 Å². The molecule has 1 heterocycles. The lowest BCUT2D eigenvalue weighted by Gasteiger charge is -2.08. The van der Waals surface area contributed by atoms with Crippen molar-refractivity contribution in [3.63, 3.8) is 0 Å². The Balaban J connectivity index is 1.63. The number of nitrogens with zero attached hydrogens (tertiary/aromatic N) is 3. The first kappa shape index (κ1) is 18.1. The highest BCUT2D eigenvalue weighted by Crippen LogP contribution is 2.24. The van der Waals surface area contributed by atoms with Crippen LogP contribution in [0.1, 0.15) is 21.7 Å². The highest BCUT2D eigenvalue weighted by molar-refractivity contribution is 5.91. The van der Waals surface area contributed by atoms with E-state index in [1.54, 1.807) is 37.4 Å². The molecule has 8 nitrogen and oxygen atoms in total. The second-order valence-electron chi connectivity index (χ2n) is 5.86. The summed E-state index contributed by atoms with van der Waals surface area (Å²) in [5.74, 6) is 1.07. The van der Waals surface area contributed by atoms with Crippen molar-refractivity contribution in [1.82, 2.24) is 9.55 Å². The average molecular weight is 367 g/mol. The zero-order valence-corrected chi connectivity index (χ0v) is 14.8. The summed E-state index contributed by atoms with van der Waals surface area (Å²) >= 11 is 0. The van der Waals surface area contributed by atoms with Gasteiger partial charge in [0.15, 0.2) is 0 Å². The minimum Gasteiger partial charge on any atom is -0.486 e. The van der Waals surface area contributed by atoms with Crippen LogP contribution >= 0.6 is 0 Å². The summed E-state index contributed by atoms with van der Waals surface area (Å²) in [4.78, 5) is 26.8. The summed E-state index contributed by atoms with van der Waals surface area (Å²) in [6.45, 7) is 1.90. The molecular formula is C19H17N3O5. The molecule has 3 rings (SSSR count). The molecule has 1 aromatic heterocycles. The van der Waals surface area contributed by atoms with Gasteiger partial charge in [-0.15, -0.1) is 0 Å². The fourth-order valence-electron chi connectivity index (χ4n) is 2.43. The summed E-state index contributed by atoms with van der Waals surface area (Å²) < 4.78 is 12.8. The normalized spacial score (nSPS) is 10.4. The summed E-state index contributed by atoms with van der Waals surface area (Å²) in [5, 5.41) is 10.8. The van der Waals surface area contributed by atoms with E-state index in [-0.39, 0.29) is 11.4 Å². The van der Waals surface area contributed by atoms with Gasteiger partial charge < -0.3 is 14.0 Å². The lowest BCUT2D eigenvalue weighted by molar-refractivity contribution is -0.385. The Morgan fingerprint density at radius 2 is 1.89 bits per heavy atom. The molecule has 0 saturated carbocycles. The molecule has 0 saturated heterocycles. The van der Waals surface area contributed by atoms with E-state index in [1.165, 1.54) is 18.2 Å². The minimum atomic E-state index is -0.557. The van der Waals surface area contributed by atoms with E-state index in [4.69, 9.17) is 9.47 Å². The molecule has 2 aromatic carbocycles. The molecule has 0 N–H and O–H groups in total. The summed E-state index contributed by atoms with van der Waals surface area (Å²) in [7, 11) is 1.88. The number of nitro benzene ring substituents is 1. The molecule has 0 fully saturated rings.